The second-order valence-electron chi connectivity index (χ2n) is 4.14. The zero-order chi connectivity index (χ0) is 14.7. The van der Waals surface area contributed by atoms with E-state index in [0.717, 1.165) is 0 Å². The van der Waals surface area contributed by atoms with Gasteiger partial charge in [-0.1, -0.05) is 23.2 Å². The predicted octanol–water partition coefficient (Wildman–Crippen LogP) is 3.25. The van der Waals surface area contributed by atoms with Crippen molar-refractivity contribution in [2.75, 3.05) is 5.73 Å². The van der Waals surface area contributed by atoms with Crippen LogP contribution < -0.4 is 16.2 Å². The van der Waals surface area contributed by atoms with Crippen molar-refractivity contribution in [1.29, 1.82) is 0 Å². The number of carbonyl (C=O) groups is 1. The van der Waals surface area contributed by atoms with Gasteiger partial charge in [0.1, 0.15) is 12.4 Å². The Morgan fingerprint density at radius 3 is 2.60 bits per heavy atom. The highest BCUT2D eigenvalue weighted by Gasteiger charge is 2.11. The van der Waals surface area contributed by atoms with Gasteiger partial charge in [-0.2, -0.15) is 0 Å². The SMILES string of the molecule is NC(=O)c1ccc(N)cc1OCc1cc(Cl)ccc1Cl. The van der Waals surface area contributed by atoms with E-state index in [-0.39, 0.29) is 12.2 Å². The van der Waals surface area contributed by atoms with E-state index in [1.807, 2.05) is 0 Å². The summed E-state index contributed by atoms with van der Waals surface area (Å²) in [4.78, 5) is 11.3. The Labute approximate surface area is 126 Å². The van der Waals surface area contributed by atoms with E-state index in [2.05, 4.69) is 0 Å². The Morgan fingerprint density at radius 1 is 1.15 bits per heavy atom. The van der Waals surface area contributed by atoms with E-state index < -0.39 is 5.91 Å². The first kappa shape index (κ1) is 14.5. The number of anilines is 1. The van der Waals surface area contributed by atoms with Gasteiger partial charge in [-0.05, 0) is 30.3 Å². The molecular formula is C14H12Cl2N2O2. The number of hydrogen-bond acceptors (Lipinski definition) is 3. The van der Waals surface area contributed by atoms with Crippen molar-refractivity contribution in [2.24, 2.45) is 5.73 Å². The van der Waals surface area contributed by atoms with E-state index in [0.29, 0.717) is 27.0 Å². The van der Waals surface area contributed by atoms with Crippen LogP contribution in [-0.4, -0.2) is 5.91 Å². The van der Waals surface area contributed by atoms with Gasteiger partial charge < -0.3 is 16.2 Å². The summed E-state index contributed by atoms with van der Waals surface area (Å²) in [7, 11) is 0. The normalized spacial score (nSPS) is 10.3. The van der Waals surface area contributed by atoms with Crippen molar-refractivity contribution in [3.05, 3.63) is 57.6 Å². The minimum Gasteiger partial charge on any atom is -0.488 e. The fraction of sp³-hybridized carbons (Fsp3) is 0.0714. The fourth-order valence-corrected chi connectivity index (χ4v) is 2.04. The highest BCUT2D eigenvalue weighted by atomic mass is 35.5. The molecule has 2 rings (SSSR count). The minimum atomic E-state index is -0.586. The number of amides is 1. The van der Waals surface area contributed by atoms with E-state index in [1.54, 1.807) is 30.3 Å². The average molecular weight is 311 g/mol. The van der Waals surface area contributed by atoms with Gasteiger partial charge in [0.05, 0.1) is 5.56 Å². The molecule has 0 atom stereocenters. The van der Waals surface area contributed by atoms with Crippen molar-refractivity contribution in [3.63, 3.8) is 0 Å². The van der Waals surface area contributed by atoms with Crippen molar-refractivity contribution in [2.45, 2.75) is 6.61 Å². The summed E-state index contributed by atoms with van der Waals surface area (Å²) in [5.41, 5.74) is 12.4. The van der Waals surface area contributed by atoms with Gasteiger partial charge in [0, 0.05) is 27.4 Å². The molecule has 0 heterocycles. The second kappa shape index (κ2) is 6.03. The summed E-state index contributed by atoms with van der Waals surface area (Å²) >= 11 is 11.9. The zero-order valence-corrected chi connectivity index (χ0v) is 11.9. The Balaban J connectivity index is 2.24. The Kier molecular flexibility index (Phi) is 4.37. The van der Waals surface area contributed by atoms with Crippen LogP contribution in [0.15, 0.2) is 36.4 Å². The van der Waals surface area contributed by atoms with E-state index in [9.17, 15) is 4.79 Å². The highest BCUT2D eigenvalue weighted by molar-refractivity contribution is 6.33. The maximum atomic E-state index is 11.3. The molecule has 0 unspecified atom stereocenters. The number of ether oxygens (including phenoxy) is 1. The van der Waals surface area contributed by atoms with E-state index >= 15 is 0 Å². The Hall–Kier alpha value is -1.91. The number of carbonyl (C=O) groups excluding carboxylic acids is 1. The lowest BCUT2D eigenvalue weighted by Crippen LogP contribution is -2.13. The number of nitrogens with two attached hydrogens (primary N) is 2. The number of rotatable bonds is 4. The van der Waals surface area contributed by atoms with Crippen LogP contribution in [0.2, 0.25) is 10.0 Å². The van der Waals surface area contributed by atoms with Gasteiger partial charge >= 0.3 is 0 Å². The molecule has 4 N–H and O–H groups in total. The molecule has 0 aliphatic rings. The Morgan fingerprint density at radius 2 is 1.90 bits per heavy atom. The summed E-state index contributed by atoms with van der Waals surface area (Å²) in [5.74, 6) is -0.272. The molecule has 0 aliphatic heterocycles. The molecule has 0 aromatic heterocycles. The van der Waals surface area contributed by atoms with Crippen LogP contribution in [0.25, 0.3) is 0 Å². The monoisotopic (exact) mass is 310 g/mol. The highest BCUT2D eigenvalue weighted by Crippen LogP contribution is 2.25. The van der Waals surface area contributed by atoms with Crippen LogP contribution in [0.4, 0.5) is 5.69 Å². The Bertz CT molecular complexity index is 660. The molecule has 0 saturated heterocycles. The first-order chi connectivity index (χ1) is 9.47. The number of nitrogen functional groups attached to an aromatic ring is 1. The lowest BCUT2D eigenvalue weighted by molar-refractivity contribution is 0.0996. The van der Waals surface area contributed by atoms with Gasteiger partial charge in [0.2, 0.25) is 0 Å². The molecule has 2 aromatic rings. The number of primary amides is 1. The van der Waals surface area contributed by atoms with E-state index in [1.165, 1.54) is 6.07 Å². The van der Waals surface area contributed by atoms with Crippen LogP contribution in [0.5, 0.6) is 5.75 Å². The van der Waals surface area contributed by atoms with Crippen molar-refractivity contribution in [3.8, 4) is 5.75 Å². The molecule has 0 aliphatic carbocycles. The molecule has 0 radical (unpaired) electrons. The van der Waals surface area contributed by atoms with Crippen LogP contribution in [0, 0.1) is 0 Å². The molecule has 0 fully saturated rings. The van der Waals surface area contributed by atoms with Crippen LogP contribution in [0.3, 0.4) is 0 Å². The van der Waals surface area contributed by atoms with Crippen molar-refractivity contribution >= 4 is 34.8 Å². The molecule has 4 nitrogen and oxygen atoms in total. The van der Waals surface area contributed by atoms with Gasteiger partial charge in [-0.3, -0.25) is 4.79 Å². The smallest absolute Gasteiger partial charge is 0.252 e. The molecule has 6 heteroatoms. The quantitative estimate of drug-likeness (QED) is 0.851. The zero-order valence-electron chi connectivity index (χ0n) is 10.4. The lowest BCUT2D eigenvalue weighted by atomic mass is 10.1. The lowest BCUT2D eigenvalue weighted by Gasteiger charge is -2.11. The minimum absolute atomic E-state index is 0.156. The number of halogens is 2. The average Bonchev–Trinajstić information content (AvgIpc) is 2.39. The molecule has 0 saturated carbocycles. The second-order valence-corrected chi connectivity index (χ2v) is 4.99. The standard InChI is InChI=1S/C14H12Cl2N2O2/c15-9-1-4-12(16)8(5-9)7-20-13-6-10(17)2-3-11(13)14(18)19/h1-6H,7,17H2,(H2,18,19). The van der Waals surface area contributed by atoms with Gasteiger partial charge in [-0.25, -0.2) is 0 Å². The maximum Gasteiger partial charge on any atom is 0.252 e. The van der Waals surface area contributed by atoms with Crippen molar-refractivity contribution < 1.29 is 9.53 Å². The molecule has 2 aromatic carbocycles. The molecule has 0 bridgehead atoms. The summed E-state index contributed by atoms with van der Waals surface area (Å²) in [6.07, 6.45) is 0. The summed E-state index contributed by atoms with van der Waals surface area (Å²) in [6.45, 7) is 0.156. The summed E-state index contributed by atoms with van der Waals surface area (Å²) < 4.78 is 5.58. The fourth-order valence-electron chi connectivity index (χ4n) is 1.67. The third kappa shape index (κ3) is 3.35. The first-order valence-corrected chi connectivity index (χ1v) is 6.49. The molecule has 20 heavy (non-hydrogen) atoms. The predicted molar refractivity (Wildman–Crippen MR) is 80.2 cm³/mol. The third-order valence-corrected chi connectivity index (χ3v) is 3.27. The van der Waals surface area contributed by atoms with Crippen LogP contribution >= 0.6 is 23.2 Å². The number of hydrogen-bond donors (Lipinski definition) is 2. The molecule has 0 spiro atoms. The van der Waals surface area contributed by atoms with Gasteiger partial charge in [-0.15, -0.1) is 0 Å². The van der Waals surface area contributed by atoms with E-state index in [4.69, 9.17) is 39.4 Å². The molecular weight excluding hydrogens is 299 g/mol. The van der Waals surface area contributed by atoms with Gasteiger partial charge in [0.25, 0.3) is 5.91 Å². The summed E-state index contributed by atoms with van der Waals surface area (Å²) in [5, 5.41) is 1.08. The largest absolute Gasteiger partial charge is 0.488 e. The van der Waals surface area contributed by atoms with Crippen LogP contribution in [-0.2, 0) is 6.61 Å². The third-order valence-electron chi connectivity index (χ3n) is 2.66. The first-order valence-electron chi connectivity index (χ1n) is 5.73. The molecule has 1 amide bonds. The summed E-state index contributed by atoms with van der Waals surface area (Å²) in [6, 6.07) is 9.70. The van der Waals surface area contributed by atoms with Crippen molar-refractivity contribution in [1.82, 2.24) is 0 Å². The topological polar surface area (TPSA) is 78.3 Å². The van der Waals surface area contributed by atoms with Crippen LogP contribution in [0.1, 0.15) is 15.9 Å². The number of benzene rings is 2. The van der Waals surface area contributed by atoms with Gasteiger partial charge in [0.15, 0.2) is 0 Å². The molecule has 104 valence electrons. The maximum absolute atomic E-state index is 11.3.